The highest BCUT2D eigenvalue weighted by atomic mass is 16.3. The number of Topliss-reactive ketones (excluding diaryl/α,β-unsaturated/α-hetero) is 2. The lowest BCUT2D eigenvalue weighted by atomic mass is 9.60. The Morgan fingerprint density at radius 1 is 1.20 bits per heavy atom. The van der Waals surface area contributed by atoms with E-state index < -0.39 is 52.0 Å². The summed E-state index contributed by atoms with van der Waals surface area (Å²) in [6, 6.07) is 4.98. The van der Waals surface area contributed by atoms with Crippen LogP contribution in [0.15, 0.2) is 51.5 Å². The molecular weight excluding hydrogens is 456 g/mol. The van der Waals surface area contributed by atoms with Gasteiger partial charge in [0.1, 0.15) is 28.6 Å². The quantitative estimate of drug-likeness (QED) is 0.411. The molecule has 10 nitrogen and oxygen atoms in total. The summed E-state index contributed by atoms with van der Waals surface area (Å²) in [6.07, 6.45) is 1.48. The predicted octanol–water partition coefficient (Wildman–Crippen LogP) is 1.91. The maximum absolute atomic E-state index is 13.8. The van der Waals surface area contributed by atoms with Crippen molar-refractivity contribution in [3.05, 3.63) is 58.3 Å². The van der Waals surface area contributed by atoms with Gasteiger partial charge in [-0.15, -0.1) is 0 Å². The van der Waals surface area contributed by atoms with E-state index in [1.54, 1.807) is 37.2 Å². The Morgan fingerprint density at radius 3 is 2.51 bits per heavy atom. The largest absolute Gasteiger partial charge is 0.511 e. The average Bonchev–Trinajstić information content (AvgIpc) is 3.30. The molecule has 0 fully saturated rings. The number of hydrogen-bond donors (Lipinski definition) is 5. The lowest BCUT2D eigenvalue weighted by Crippen LogP contribution is -2.57. The molecule has 0 aliphatic heterocycles. The summed E-state index contributed by atoms with van der Waals surface area (Å²) in [4.78, 5) is 40.4. The molecule has 2 aromatic rings. The molecule has 0 saturated heterocycles. The van der Waals surface area contributed by atoms with Gasteiger partial charge in [-0.3, -0.25) is 14.4 Å². The van der Waals surface area contributed by atoms with Crippen molar-refractivity contribution in [3.63, 3.8) is 0 Å². The third kappa shape index (κ3) is 2.96. The molecular formula is C25H24N2O8. The number of rotatable bonds is 3. The summed E-state index contributed by atoms with van der Waals surface area (Å²) in [5.41, 5.74) is 3.07. The number of amides is 1. The third-order valence-corrected chi connectivity index (χ3v) is 7.31. The fourth-order valence-corrected chi connectivity index (χ4v) is 5.69. The molecule has 0 bridgehead atoms. The Hall–Kier alpha value is -4.05. The number of nitrogens with two attached hydrogens (primary N) is 1. The minimum atomic E-state index is -2.59. The molecule has 6 N–H and O–H groups in total. The lowest BCUT2D eigenvalue weighted by molar-refractivity contribution is -0.144. The smallest absolute Gasteiger partial charge is 0.255 e. The van der Waals surface area contributed by atoms with Crippen LogP contribution in [0.25, 0.3) is 11.3 Å². The SMILES string of the molecule is CN(C)c1cc(-c2ccco2)c(O)c2c1CC1CC3CC(O)=C(C(N)=O)C(=O)C3(O)C(O)=C1C2=O. The van der Waals surface area contributed by atoms with E-state index in [9.17, 15) is 34.8 Å². The average molecular weight is 480 g/mol. The van der Waals surface area contributed by atoms with Gasteiger partial charge in [0, 0.05) is 37.7 Å². The number of primary amides is 1. The Morgan fingerprint density at radius 2 is 1.91 bits per heavy atom. The number of carbonyl (C=O) groups is 3. The van der Waals surface area contributed by atoms with E-state index in [2.05, 4.69) is 0 Å². The zero-order chi connectivity index (χ0) is 25.4. The first-order valence-electron chi connectivity index (χ1n) is 11.1. The highest BCUT2D eigenvalue weighted by Gasteiger charge is 2.59. The summed E-state index contributed by atoms with van der Waals surface area (Å²) in [6.45, 7) is 0. The van der Waals surface area contributed by atoms with Crippen LogP contribution in [0, 0.1) is 11.8 Å². The molecule has 0 spiro atoms. The maximum Gasteiger partial charge on any atom is 0.255 e. The molecule has 1 aromatic heterocycles. The fourth-order valence-electron chi connectivity index (χ4n) is 5.69. The summed E-state index contributed by atoms with van der Waals surface area (Å²) < 4.78 is 5.43. The number of nitrogens with zero attached hydrogens (tertiary/aromatic N) is 1. The van der Waals surface area contributed by atoms with Gasteiger partial charge in [-0.1, -0.05) is 0 Å². The van der Waals surface area contributed by atoms with E-state index in [0.717, 1.165) is 0 Å². The molecule has 3 aliphatic rings. The summed E-state index contributed by atoms with van der Waals surface area (Å²) in [5.74, 6) is -6.22. The molecule has 3 atom stereocenters. The van der Waals surface area contributed by atoms with Crippen LogP contribution in [-0.4, -0.2) is 57.6 Å². The number of ketones is 2. The molecule has 182 valence electrons. The molecule has 1 heterocycles. The van der Waals surface area contributed by atoms with Gasteiger partial charge in [-0.2, -0.15) is 0 Å². The number of aromatic hydroxyl groups is 1. The molecule has 1 aromatic carbocycles. The monoisotopic (exact) mass is 480 g/mol. The van der Waals surface area contributed by atoms with Crippen molar-refractivity contribution in [2.75, 3.05) is 19.0 Å². The number of anilines is 1. The van der Waals surface area contributed by atoms with Crippen molar-refractivity contribution in [1.29, 1.82) is 0 Å². The van der Waals surface area contributed by atoms with Crippen LogP contribution >= 0.6 is 0 Å². The van der Waals surface area contributed by atoms with Gasteiger partial charge in [0.05, 0.1) is 17.4 Å². The van der Waals surface area contributed by atoms with E-state index >= 15 is 0 Å². The Bertz CT molecular complexity index is 1370. The number of aliphatic hydroxyl groups excluding tert-OH is 2. The van der Waals surface area contributed by atoms with Crippen molar-refractivity contribution in [1.82, 2.24) is 0 Å². The molecule has 1 amide bonds. The van der Waals surface area contributed by atoms with Crippen LogP contribution in [0.1, 0.15) is 28.8 Å². The highest BCUT2D eigenvalue weighted by Crippen LogP contribution is 2.53. The number of fused-ring (bicyclic) bond motifs is 3. The van der Waals surface area contributed by atoms with E-state index in [-0.39, 0.29) is 41.7 Å². The topological polar surface area (TPSA) is 175 Å². The Labute approximate surface area is 199 Å². The van der Waals surface area contributed by atoms with Gasteiger partial charge < -0.3 is 35.5 Å². The van der Waals surface area contributed by atoms with Crippen molar-refractivity contribution in [2.45, 2.75) is 24.9 Å². The van der Waals surface area contributed by atoms with Crippen LogP contribution in [0.3, 0.4) is 0 Å². The molecule has 10 heteroatoms. The number of furan rings is 1. The number of phenols is 1. The van der Waals surface area contributed by atoms with E-state index in [1.165, 1.54) is 6.26 Å². The summed E-state index contributed by atoms with van der Waals surface area (Å²) in [7, 11) is 3.58. The minimum absolute atomic E-state index is 0.0563. The van der Waals surface area contributed by atoms with Gasteiger partial charge in [0.25, 0.3) is 5.91 Å². The van der Waals surface area contributed by atoms with Gasteiger partial charge >= 0.3 is 0 Å². The van der Waals surface area contributed by atoms with Crippen molar-refractivity contribution in [3.8, 4) is 17.1 Å². The van der Waals surface area contributed by atoms with E-state index in [4.69, 9.17) is 10.2 Å². The minimum Gasteiger partial charge on any atom is -0.511 e. The lowest BCUT2D eigenvalue weighted by Gasteiger charge is -2.45. The van der Waals surface area contributed by atoms with Crippen molar-refractivity contribution in [2.24, 2.45) is 17.6 Å². The van der Waals surface area contributed by atoms with Crippen LogP contribution in [-0.2, 0) is 16.0 Å². The molecule has 0 saturated carbocycles. The van der Waals surface area contributed by atoms with Crippen molar-refractivity contribution >= 4 is 23.2 Å². The second-order valence-corrected chi connectivity index (χ2v) is 9.43. The second kappa shape index (κ2) is 7.47. The van der Waals surface area contributed by atoms with Gasteiger partial charge in [0.2, 0.25) is 5.78 Å². The van der Waals surface area contributed by atoms with Gasteiger partial charge in [0.15, 0.2) is 11.4 Å². The number of benzene rings is 1. The first-order valence-corrected chi connectivity index (χ1v) is 11.1. The van der Waals surface area contributed by atoms with Gasteiger partial charge in [-0.05, 0) is 42.5 Å². The molecule has 35 heavy (non-hydrogen) atoms. The number of carbonyl (C=O) groups excluding carboxylic acids is 3. The number of aliphatic hydroxyl groups is 3. The molecule has 3 unspecified atom stereocenters. The third-order valence-electron chi connectivity index (χ3n) is 7.31. The second-order valence-electron chi connectivity index (χ2n) is 9.43. The number of phenolic OH excluding ortho intramolecular Hbond substituents is 1. The standard InChI is InChI=1S/C25H24N2O8/c1-27(2)14-9-13(16-4-3-5-35-16)20(29)18-12(14)7-10-6-11-8-15(28)19(24(26)33)23(32)25(11,34)22(31)17(10)21(18)30/h3-5,9-11,28-29,31,34H,6-8H2,1-2H3,(H2,26,33). The molecule has 0 radical (unpaired) electrons. The highest BCUT2D eigenvalue weighted by molar-refractivity contribution is 6.24. The van der Waals surface area contributed by atoms with Gasteiger partial charge in [-0.25, -0.2) is 0 Å². The number of hydrogen-bond acceptors (Lipinski definition) is 9. The zero-order valence-electron chi connectivity index (χ0n) is 19.0. The molecule has 5 rings (SSSR count). The maximum atomic E-state index is 13.8. The fraction of sp³-hybridized carbons (Fsp3) is 0.320. The number of allylic oxidation sites excluding steroid dienone is 2. The van der Waals surface area contributed by atoms with E-state index in [1.807, 2.05) is 0 Å². The normalized spacial score (nSPS) is 25.8. The van der Waals surface area contributed by atoms with Crippen LogP contribution in [0.4, 0.5) is 5.69 Å². The summed E-state index contributed by atoms with van der Waals surface area (Å²) >= 11 is 0. The zero-order valence-corrected chi connectivity index (χ0v) is 19.0. The van der Waals surface area contributed by atoms with Crippen molar-refractivity contribution < 1.29 is 39.2 Å². The van der Waals surface area contributed by atoms with Crippen LogP contribution in [0.2, 0.25) is 0 Å². The molecule has 3 aliphatic carbocycles. The first-order chi connectivity index (χ1) is 16.5. The van der Waals surface area contributed by atoms with E-state index in [0.29, 0.717) is 17.0 Å². The van der Waals surface area contributed by atoms with Crippen LogP contribution in [0.5, 0.6) is 5.75 Å². The summed E-state index contributed by atoms with van der Waals surface area (Å²) in [5, 5.41) is 43.9. The first kappa shape index (κ1) is 22.7. The Kier molecular flexibility index (Phi) is 4.85. The predicted molar refractivity (Wildman–Crippen MR) is 123 cm³/mol. The van der Waals surface area contributed by atoms with Crippen LogP contribution < -0.4 is 10.6 Å². The Balaban J connectivity index is 1.73.